The second kappa shape index (κ2) is 6.56. The number of hydrogen-bond donors (Lipinski definition) is 0. The van der Waals surface area contributed by atoms with Crippen molar-refractivity contribution in [1.29, 1.82) is 0 Å². The SMILES string of the molecule is O=C(OC1CN2CCC1CC2)C1(c2cccs2)CCCCCC1. The summed E-state index contributed by atoms with van der Waals surface area (Å²) in [6.45, 7) is 3.33. The molecular formula is C19H27NO2S. The topological polar surface area (TPSA) is 29.5 Å². The van der Waals surface area contributed by atoms with E-state index >= 15 is 0 Å². The van der Waals surface area contributed by atoms with Gasteiger partial charge in [-0.25, -0.2) is 0 Å². The normalized spacial score (nSPS) is 33.1. The van der Waals surface area contributed by atoms with Crippen LogP contribution in [0.3, 0.4) is 0 Å². The van der Waals surface area contributed by atoms with Crippen LogP contribution in [-0.4, -0.2) is 36.6 Å². The number of thiophene rings is 1. The first-order valence-electron chi connectivity index (χ1n) is 9.25. The maximum absolute atomic E-state index is 13.3. The average molecular weight is 333 g/mol. The number of carbonyl (C=O) groups is 1. The van der Waals surface area contributed by atoms with E-state index in [9.17, 15) is 4.79 Å². The molecule has 126 valence electrons. The molecule has 4 fully saturated rings. The van der Waals surface area contributed by atoms with Crippen molar-refractivity contribution in [1.82, 2.24) is 4.90 Å². The Morgan fingerprint density at radius 3 is 2.48 bits per heavy atom. The summed E-state index contributed by atoms with van der Waals surface area (Å²) in [7, 11) is 0. The molecule has 3 saturated heterocycles. The molecule has 23 heavy (non-hydrogen) atoms. The van der Waals surface area contributed by atoms with Gasteiger partial charge in [-0.05, 0) is 56.1 Å². The van der Waals surface area contributed by atoms with E-state index in [2.05, 4.69) is 22.4 Å². The first-order chi connectivity index (χ1) is 11.3. The molecule has 4 aliphatic rings. The smallest absolute Gasteiger partial charge is 0.317 e. The standard InChI is InChI=1S/C19H27NO2S/c21-18(22-16-14-20-11-7-15(16)8-12-20)19(17-6-5-13-23-17)9-3-1-2-4-10-19/h5-6,13,15-16H,1-4,7-12,14H2. The summed E-state index contributed by atoms with van der Waals surface area (Å²) in [5.41, 5.74) is -0.364. The van der Waals surface area contributed by atoms with Crippen LogP contribution in [0.2, 0.25) is 0 Å². The van der Waals surface area contributed by atoms with E-state index in [1.165, 1.54) is 43.6 Å². The molecule has 4 heteroatoms. The third-order valence-electron chi connectivity index (χ3n) is 6.20. The number of rotatable bonds is 3. The number of carbonyl (C=O) groups excluding carboxylic acids is 1. The minimum absolute atomic E-state index is 0.0700. The molecule has 3 aliphatic heterocycles. The fourth-order valence-corrected chi connectivity index (χ4v) is 5.70. The van der Waals surface area contributed by atoms with Gasteiger partial charge in [0.25, 0.3) is 0 Å². The van der Waals surface area contributed by atoms with Crippen LogP contribution in [0, 0.1) is 5.92 Å². The van der Waals surface area contributed by atoms with Crippen LogP contribution in [0.1, 0.15) is 56.2 Å². The molecule has 5 rings (SSSR count). The Labute approximate surface area is 143 Å². The zero-order chi connectivity index (χ0) is 15.7. The van der Waals surface area contributed by atoms with Gasteiger partial charge >= 0.3 is 5.97 Å². The molecule has 1 unspecified atom stereocenters. The van der Waals surface area contributed by atoms with Gasteiger partial charge < -0.3 is 4.74 Å². The molecule has 1 aromatic rings. The fraction of sp³-hybridized carbons (Fsp3) is 0.737. The van der Waals surface area contributed by atoms with E-state index in [-0.39, 0.29) is 17.5 Å². The van der Waals surface area contributed by atoms with Crippen molar-refractivity contribution in [2.45, 2.75) is 62.9 Å². The lowest BCUT2D eigenvalue weighted by Gasteiger charge is -2.45. The van der Waals surface area contributed by atoms with Gasteiger partial charge in [-0.1, -0.05) is 31.7 Å². The molecule has 0 N–H and O–H groups in total. The number of ether oxygens (including phenoxy) is 1. The maximum Gasteiger partial charge on any atom is 0.317 e. The number of fused-ring (bicyclic) bond motifs is 3. The van der Waals surface area contributed by atoms with Gasteiger partial charge in [0.1, 0.15) is 11.5 Å². The summed E-state index contributed by atoms with van der Waals surface area (Å²) in [5, 5.41) is 2.10. The highest BCUT2D eigenvalue weighted by molar-refractivity contribution is 7.10. The van der Waals surface area contributed by atoms with Crippen molar-refractivity contribution in [3.8, 4) is 0 Å². The van der Waals surface area contributed by atoms with E-state index in [1.807, 2.05) is 0 Å². The van der Waals surface area contributed by atoms with Crippen molar-refractivity contribution < 1.29 is 9.53 Å². The van der Waals surface area contributed by atoms with Gasteiger partial charge in [-0.2, -0.15) is 0 Å². The zero-order valence-electron chi connectivity index (χ0n) is 13.8. The molecule has 0 radical (unpaired) electrons. The Hall–Kier alpha value is -0.870. The number of esters is 1. The van der Waals surface area contributed by atoms with Crippen LogP contribution >= 0.6 is 11.3 Å². The largest absolute Gasteiger partial charge is 0.460 e. The van der Waals surface area contributed by atoms with Gasteiger partial charge in [0.05, 0.1) is 0 Å². The molecule has 1 aromatic heterocycles. The van der Waals surface area contributed by atoms with E-state index in [4.69, 9.17) is 4.74 Å². The van der Waals surface area contributed by atoms with Gasteiger partial charge in [-0.15, -0.1) is 11.3 Å². The predicted molar refractivity (Wildman–Crippen MR) is 92.7 cm³/mol. The van der Waals surface area contributed by atoms with Crippen LogP contribution in [-0.2, 0) is 14.9 Å². The lowest BCUT2D eigenvalue weighted by molar-refractivity contribution is -0.166. The van der Waals surface area contributed by atoms with Gasteiger partial charge in [0.15, 0.2) is 0 Å². The summed E-state index contributed by atoms with van der Waals surface area (Å²) < 4.78 is 6.17. The van der Waals surface area contributed by atoms with Crippen molar-refractivity contribution >= 4 is 17.3 Å². The number of nitrogens with zero attached hydrogens (tertiary/aromatic N) is 1. The third-order valence-corrected chi connectivity index (χ3v) is 7.27. The fourth-order valence-electron chi connectivity index (χ4n) is 4.73. The molecule has 4 heterocycles. The van der Waals surface area contributed by atoms with E-state index < -0.39 is 0 Å². The second-order valence-corrected chi connectivity index (χ2v) is 8.50. The lowest BCUT2D eigenvalue weighted by atomic mass is 9.78. The molecule has 0 amide bonds. The minimum atomic E-state index is -0.364. The van der Waals surface area contributed by atoms with Crippen LogP contribution in [0.4, 0.5) is 0 Å². The van der Waals surface area contributed by atoms with Gasteiger partial charge in [0.2, 0.25) is 0 Å². The summed E-state index contributed by atoms with van der Waals surface area (Å²) in [6.07, 6.45) is 9.25. The molecule has 0 aromatic carbocycles. The van der Waals surface area contributed by atoms with E-state index in [0.29, 0.717) is 5.92 Å². The summed E-state index contributed by atoms with van der Waals surface area (Å²) in [4.78, 5) is 17.0. The number of hydrogen-bond acceptors (Lipinski definition) is 4. The quantitative estimate of drug-likeness (QED) is 0.619. The molecule has 0 spiro atoms. The molecular weight excluding hydrogens is 306 g/mol. The average Bonchev–Trinajstić information content (AvgIpc) is 3.01. The Morgan fingerprint density at radius 1 is 1.17 bits per heavy atom. The van der Waals surface area contributed by atoms with Gasteiger partial charge in [0, 0.05) is 11.4 Å². The summed E-state index contributed by atoms with van der Waals surface area (Å²) in [6, 6.07) is 4.22. The Morgan fingerprint density at radius 2 is 1.91 bits per heavy atom. The Balaban J connectivity index is 1.55. The monoisotopic (exact) mass is 333 g/mol. The highest BCUT2D eigenvalue weighted by atomic mass is 32.1. The van der Waals surface area contributed by atoms with Crippen LogP contribution in [0.15, 0.2) is 17.5 Å². The molecule has 1 aliphatic carbocycles. The van der Waals surface area contributed by atoms with E-state index in [1.54, 1.807) is 11.3 Å². The highest BCUT2D eigenvalue weighted by Gasteiger charge is 2.45. The van der Waals surface area contributed by atoms with Crippen molar-refractivity contribution in [3.05, 3.63) is 22.4 Å². The highest BCUT2D eigenvalue weighted by Crippen LogP contribution is 2.42. The minimum Gasteiger partial charge on any atom is -0.460 e. The molecule has 3 nitrogen and oxygen atoms in total. The predicted octanol–water partition coefficient (Wildman–Crippen LogP) is 3.98. The first-order valence-corrected chi connectivity index (χ1v) is 10.1. The van der Waals surface area contributed by atoms with Crippen molar-refractivity contribution in [3.63, 3.8) is 0 Å². The first kappa shape index (κ1) is 15.6. The Bertz CT molecular complexity index is 526. The zero-order valence-corrected chi connectivity index (χ0v) is 14.7. The van der Waals surface area contributed by atoms with Crippen LogP contribution in [0.25, 0.3) is 0 Å². The lowest BCUT2D eigenvalue weighted by Crippen LogP contribution is -2.53. The van der Waals surface area contributed by atoms with Crippen molar-refractivity contribution in [2.24, 2.45) is 5.92 Å². The molecule has 1 saturated carbocycles. The summed E-state index contributed by atoms with van der Waals surface area (Å²) >= 11 is 1.73. The second-order valence-electron chi connectivity index (χ2n) is 7.56. The molecule has 1 atom stereocenters. The third kappa shape index (κ3) is 2.96. The Kier molecular flexibility index (Phi) is 4.46. The van der Waals surface area contributed by atoms with E-state index in [0.717, 1.165) is 32.2 Å². The maximum atomic E-state index is 13.3. The van der Waals surface area contributed by atoms with Gasteiger partial charge in [-0.3, -0.25) is 9.69 Å². The van der Waals surface area contributed by atoms with Crippen LogP contribution in [0.5, 0.6) is 0 Å². The summed E-state index contributed by atoms with van der Waals surface area (Å²) in [5.74, 6) is 0.663. The van der Waals surface area contributed by atoms with Crippen molar-refractivity contribution in [2.75, 3.05) is 19.6 Å². The van der Waals surface area contributed by atoms with Crippen LogP contribution < -0.4 is 0 Å². The number of piperidine rings is 3. The molecule has 2 bridgehead atoms.